The number of rotatable bonds is 8. The highest BCUT2D eigenvalue weighted by Gasteiger charge is 2.13. The summed E-state index contributed by atoms with van der Waals surface area (Å²) in [5.74, 6) is 1.22. The van der Waals surface area contributed by atoms with Crippen LogP contribution in [-0.4, -0.2) is 36.4 Å². The van der Waals surface area contributed by atoms with E-state index < -0.39 is 0 Å². The van der Waals surface area contributed by atoms with Gasteiger partial charge in [0.1, 0.15) is 12.3 Å². The molecule has 6 nitrogen and oxygen atoms in total. The van der Waals surface area contributed by atoms with Crippen molar-refractivity contribution in [2.45, 2.75) is 37.6 Å². The van der Waals surface area contributed by atoms with Gasteiger partial charge in [-0.3, -0.25) is 9.59 Å². The SMILES string of the molecule is COC(=O)Cn1c(=NC(=O)CCSc2ccc(OC)cc2)sc2cc(C(C)C)ccc21. The van der Waals surface area contributed by atoms with E-state index in [0.717, 1.165) is 20.9 Å². The monoisotopic (exact) mass is 458 g/mol. The van der Waals surface area contributed by atoms with Gasteiger partial charge in [0.2, 0.25) is 5.91 Å². The Bertz CT molecular complexity index is 1130. The highest BCUT2D eigenvalue weighted by Crippen LogP contribution is 2.24. The van der Waals surface area contributed by atoms with Crippen LogP contribution in [0.2, 0.25) is 0 Å². The first kappa shape index (κ1) is 23.1. The van der Waals surface area contributed by atoms with Crippen LogP contribution in [0.4, 0.5) is 0 Å². The van der Waals surface area contributed by atoms with Crippen molar-refractivity contribution in [1.29, 1.82) is 0 Å². The zero-order chi connectivity index (χ0) is 22.4. The summed E-state index contributed by atoms with van der Waals surface area (Å²) in [5, 5.41) is 0. The van der Waals surface area contributed by atoms with Gasteiger partial charge in [-0.2, -0.15) is 4.99 Å². The molecular weight excluding hydrogens is 432 g/mol. The third kappa shape index (κ3) is 5.98. The molecule has 0 aliphatic rings. The molecule has 31 heavy (non-hydrogen) atoms. The Morgan fingerprint density at radius 1 is 1.13 bits per heavy atom. The minimum atomic E-state index is -0.378. The Morgan fingerprint density at radius 2 is 1.87 bits per heavy atom. The van der Waals surface area contributed by atoms with Gasteiger partial charge in [0.05, 0.1) is 24.4 Å². The van der Waals surface area contributed by atoms with Crippen LogP contribution in [0.5, 0.6) is 5.75 Å². The van der Waals surface area contributed by atoms with Crippen molar-refractivity contribution in [3.8, 4) is 5.75 Å². The van der Waals surface area contributed by atoms with E-state index in [9.17, 15) is 9.59 Å². The Balaban J connectivity index is 1.80. The predicted molar refractivity (Wildman–Crippen MR) is 125 cm³/mol. The van der Waals surface area contributed by atoms with Crippen LogP contribution in [0.15, 0.2) is 52.4 Å². The molecule has 3 aromatic rings. The number of hydrogen-bond acceptors (Lipinski definition) is 6. The molecule has 1 aromatic heterocycles. The lowest BCUT2D eigenvalue weighted by atomic mass is 10.0. The first-order valence-corrected chi connectivity index (χ1v) is 11.8. The second-order valence-electron chi connectivity index (χ2n) is 7.21. The average Bonchev–Trinajstić information content (AvgIpc) is 3.09. The number of aromatic nitrogens is 1. The number of amides is 1. The molecule has 164 valence electrons. The van der Waals surface area contributed by atoms with Crippen LogP contribution < -0.4 is 9.54 Å². The number of methoxy groups -OCH3 is 2. The summed E-state index contributed by atoms with van der Waals surface area (Å²) in [5.41, 5.74) is 2.08. The van der Waals surface area contributed by atoms with Crippen LogP contribution in [-0.2, 0) is 20.9 Å². The summed E-state index contributed by atoms with van der Waals surface area (Å²) < 4.78 is 12.7. The molecule has 0 saturated carbocycles. The van der Waals surface area contributed by atoms with E-state index in [-0.39, 0.29) is 18.4 Å². The second-order valence-corrected chi connectivity index (χ2v) is 9.39. The van der Waals surface area contributed by atoms with E-state index in [1.807, 2.05) is 36.4 Å². The van der Waals surface area contributed by atoms with Crippen molar-refractivity contribution < 1.29 is 19.1 Å². The molecule has 0 atom stereocenters. The van der Waals surface area contributed by atoms with E-state index >= 15 is 0 Å². The fourth-order valence-electron chi connectivity index (χ4n) is 2.97. The molecule has 0 bridgehead atoms. The highest BCUT2D eigenvalue weighted by atomic mass is 32.2. The standard InChI is InChI=1S/C23H26N2O4S2/c1-15(2)16-5-10-19-20(13-16)31-23(25(19)14-22(27)29-4)24-21(26)11-12-30-18-8-6-17(28-3)7-9-18/h5-10,13,15H,11-12,14H2,1-4H3. The van der Waals surface area contributed by atoms with Crippen molar-refractivity contribution in [3.63, 3.8) is 0 Å². The van der Waals surface area contributed by atoms with Gasteiger partial charge in [-0.05, 0) is 47.9 Å². The predicted octanol–water partition coefficient (Wildman–Crippen LogP) is 4.62. The summed E-state index contributed by atoms with van der Waals surface area (Å²) in [6.07, 6.45) is 0.306. The van der Waals surface area contributed by atoms with E-state index in [4.69, 9.17) is 9.47 Å². The quantitative estimate of drug-likeness (QED) is 0.364. The van der Waals surface area contributed by atoms with Gasteiger partial charge in [0, 0.05) is 17.1 Å². The Kier molecular flexibility index (Phi) is 7.92. The van der Waals surface area contributed by atoms with Gasteiger partial charge in [-0.1, -0.05) is 31.3 Å². The molecule has 0 saturated heterocycles. The summed E-state index contributed by atoms with van der Waals surface area (Å²) in [7, 11) is 2.99. The topological polar surface area (TPSA) is 69.9 Å². The van der Waals surface area contributed by atoms with Gasteiger partial charge in [-0.15, -0.1) is 11.8 Å². The maximum atomic E-state index is 12.5. The van der Waals surface area contributed by atoms with Crippen molar-refractivity contribution in [1.82, 2.24) is 4.57 Å². The fourth-order valence-corrected chi connectivity index (χ4v) is 4.91. The summed E-state index contributed by atoms with van der Waals surface area (Å²) in [4.78, 5) is 30.4. The van der Waals surface area contributed by atoms with Gasteiger partial charge >= 0.3 is 5.97 Å². The number of carbonyl (C=O) groups excluding carboxylic acids is 2. The van der Waals surface area contributed by atoms with Crippen LogP contribution in [0, 0.1) is 0 Å². The van der Waals surface area contributed by atoms with Gasteiger partial charge in [0.25, 0.3) is 0 Å². The number of benzene rings is 2. The molecule has 0 radical (unpaired) electrons. The zero-order valence-corrected chi connectivity index (χ0v) is 19.7. The van der Waals surface area contributed by atoms with E-state index in [1.54, 1.807) is 23.4 Å². The number of esters is 1. The van der Waals surface area contributed by atoms with Gasteiger partial charge < -0.3 is 14.0 Å². The molecular formula is C23H26N2O4S2. The van der Waals surface area contributed by atoms with Crippen molar-refractivity contribution >= 4 is 45.2 Å². The molecule has 0 aliphatic carbocycles. The molecule has 2 aromatic carbocycles. The average molecular weight is 459 g/mol. The van der Waals surface area contributed by atoms with Gasteiger partial charge in [-0.25, -0.2) is 0 Å². The second kappa shape index (κ2) is 10.6. The minimum Gasteiger partial charge on any atom is -0.497 e. The van der Waals surface area contributed by atoms with Gasteiger partial charge in [0.15, 0.2) is 4.80 Å². The number of ether oxygens (including phenoxy) is 2. The van der Waals surface area contributed by atoms with E-state index in [0.29, 0.717) is 22.9 Å². The van der Waals surface area contributed by atoms with Crippen molar-refractivity contribution in [2.24, 2.45) is 4.99 Å². The third-order valence-corrected chi connectivity index (χ3v) is 6.81. The normalized spacial score (nSPS) is 11.8. The van der Waals surface area contributed by atoms with Crippen molar-refractivity contribution in [3.05, 3.63) is 52.8 Å². The first-order chi connectivity index (χ1) is 14.9. The van der Waals surface area contributed by atoms with Crippen LogP contribution in [0.1, 0.15) is 31.7 Å². The zero-order valence-electron chi connectivity index (χ0n) is 18.1. The Labute approximate surface area is 189 Å². The molecule has 0 aliphatic heterocycles. The van der Waals surface area contributed by atoms with Crippen molar-refractivity contribution in [2.75, 3.05) is 20.0 Å². The molecule has 0 spiro atoms. The third-order valence-electron chi connectivity index (χ3n) is 4.75. The number of thiazole rings is 1. The molecule has 0 N–H and O–H groups in total. The van der Waals surface area contributed by atoms with Crippen LogP contribution in [0.25, 0.3) is 10.2 Å². The lowest BCUT2D eigenvalue weighted by Gasteiger charge is -2.06. The number of carbonyl (C=O) groups is 2. The first-order valence-electron chi connectivity index (χ1n) is 9.95. The lowest BCUT2D eigenvalue weighted by Crippen LogP contribution is -2.22. The van der Waals surface area contributed by atoms with E-state index in [1.165, 1.54) is 24.0 Å². The lowest BCUT2D eigenvalue weighted by molar-refractivity contribution is -0.141. The number of thioether (sulfide) groups is 1. The maximum Gasteiger partial charge on any atom is 0.325 e. The molecule has 1 amide bonds. The summed E-state index contributed by atoms with van der Waals surface area (Å²) in [6, 6.07) is 13.8. The molecule has 0 fully saturated rings. The number of fused-ring (bicyclic) bond motifs is 1. The number of nitrogens with zero attached hydrogens (tertiary/aromatic N) is 2. The highest BCUT2D eigenvalue weighted by molar-refractivity contribution is 7.99. The summed E-state index contributed by atoms with van der Waals surface area (Å²) in [6.45, 7) is 4.28. The fraction of sp³-hybridized carbons (Fsp3) is 0.348. The summed E-state index contributed by atoms with van der Waals surface area (Å²) >= 11 is 3.01. The molecule has 3 rings (SSSR count). The maximum absolute atomic E-state index is 12.5. The minimum absolute atomic E-state index is 0.0181. The largest absolute Gasteiger partial charge is 0.497 e. The number of hydrogen-bond donors (Lipinski definition) is 0. The Hall–Kier alpha value is -2.58. The van der Waals surface area contributed by atoms with Crippen LogP contribution in [0.3, 0.4) is 0 Å². The van der Waals surface area contributed by atoms with Crippen LogP contribution >= 0.6 is 23.1 Å². The molecule has 1 heterocycles. The van der Waals surface area contributed by atoms with E-state index in [2.05, 4.69) is 24.9 Å². The molecule has 8 heteroatoms. The smallest absolute Gasteiger partial charge is 0.325 e. The Morgan fingerprint density at radius 3 is 2.52 bits per heavy atom. The molecule has 0 unspecified atom stereocenters.